The van der Waals surface area contributed by atoms with Gasteiger partial charge in [0.05, 0.1) is 0 Å². The Morgan fingerprint density at radius 1 is 0.742 bits per heavy atom. The van der Waals surface area contributed by atoms with Gasteiger partial charge in [-0.05, 0) is 24.1 Å². The molecule has 1 aromatic carbocycles. The van der Waals surface area contributed by atoms with Crippen LogP contribution in [-0.4, -0.2) is 20.9 Å². The van der Waals surface area contributed by atoms with Crippen molar-refractivity contribution in [2.24, 2.45) is 0 Å². The van der Waals surface area contributed by atoms with Gasteiger partial charge in [0.25, 0.3) is 0 Å². The van der Waals surface area contributed by atoms with E-state index in [1.807, 2.05) is 24.3 Å². The highest BCUT2D eigenvalue weighted by Crippen LogP contribution is 2.16. The number of unbranched alkanes of at least 4 members (excludes halogenated alkanes) is 12. The maximum absolute atomic E-state index is 12.0. The predicted molar refractivity (Wildman–Crippen MR) is 125 cm³/mol. The molecule has 0 fully saturated rings. The van der Waals surface area contributed by atoms with Crippen LogP contribution in [0, 0.1) is 0 Å². The molecule has 0 radical (unpaired) electrons. The third kappa shape index (κ3) is 12.2. The molecular weight excluding hydrogens is 386 g/mol. The van der Waals surface area contributed by atoms with Crippen LogP contribution in [0.4, 0.5) is 0 Å². The number of hydrogen-bond donors (Lipinski definition) is 0. The third-order valence-electron chi connectivity index (χ3n) is 5.55. The monoisotopic (exact) mass is 425 g/mol. The van der Waals surface area contributed by atoms with Gasteiger partial charge in [-0.2, -0.15) is 0 Å². The molecule has 1 aromatic heterocycles. The molecule has 0 spiro atoms. The lowest BCUT2D eigenvalue weighted by Crippen LogP contribution is -2.07. The van der Waals surface area contributed by atoms with Crippen LogP contribution in [0.2, 0.25) is 0 Å². The Kier molecular flexibility index (Phi) is 13.2. The number of nitrogens with zero attached hydrogens (tertiary/aromatic N) is 3. The van der Waals surface area contributed by atoms with Gasteiger partial charge in [0.1, 0.15) is 24.2 Å². The Labute approximate surface area is 188 Å². The summed E-state index contributed by atoms with van der Waals surface area (Å²) in [6.07, 6.45) is 21.1. The van der Waals surface area contributed by atoms with Crippen LogP contribution in [0.25, 0.3) is 0 Å². The van der Waals surface area contributed by atoms with Crippen molar-refractivity contribution in [3.63, 3.8) is 0 Å². The van der Waals surface area contributed by atoms with E-state index in [2.05, 4.69) is 21.9 Å². The van der Waals surface area contributed by atoms with Gasteiger partial charge in [-0.1, -0.05) is 96.1 Å². The topological polar surface area (TPSA) is 65.0 Å². The zero-order chi connectivity index (χ0) is 22.0. The van der Waals surface area contributed by atoms with Crippen LogP contribution in [0.1, 0.15) is 108 Å². The first kappa shape index (κ1) is 25.0. The van der Waals surface area contributed by atoms with E-state index in [-0.39, 0.29) is 5.97 Å². The molecule has 0 atom stereocenters. The number of esters is 1. The molecule has 0 bridgehead atoms. The molecule has 170 valence electrons. The summed E-state index contributed by atoms with van der Waals surface area (Å²) >= 11 is 0. The fourth-order valence-electron chi connectivity index (χ4n) is 3.68. The Morgan fingerprint density at radius 2 is 1.26 bits per heavy atom. The summed E-state index contributed by atoms with van der Waals surface area (Å²) in [7, 11) is 0. The van der Waals surface area contributed by atoms with Gasteiger partial charge in [-0.3, -0.25) is 4.79 Å². The van der Waals surface area contributed by atoms with Crippen molar-refractivity contribution in [2.45, 2.75) is 103 Å². The number of carbonyl (C=O) groups is 1. The van der Waals surface area contributed by atoms with E-state index < -0.39 is 0 Å². The molecule has 0 aliphatic carbocycles. The smallest absolute Gasteiger partial charge is 0.311 e. The zero-order valence-corrected chi connectivity index (χ0v) is 19.2. The standard InChI is InChI=1S/C26H39N3O2/c1-2-3-4-5-6-7-8-9-10-11-12-13-14-15-26(30)31-24-18-16-23(17-19-24)20-25-28-21-27-22-29-25/h16-19,21-22H,2-15,20H2,1H3. The van der Waals surface area contributed by atoms with Gasteiger partial charge in [0.15, 0.2) is 0 Å². The minimum atomic E-state index is -0.145. The zero-order valence-electron chi connectivity index (χ0n) is 19.2. The average Bonchev–Trinajstić information content (AvgIpc) is 2.79. The number of aromatic nitrogens is 3. The van der Waals surface area contributed by atoms with E-state index in [4.69, 9.17) is 4.74 Å². The van der Waals surface area contributed by atoms with Crippen molar-refractivity contribution in [2.75, 3.05) is 0 Å². The Hall–Kier alpha value is -2.30. The van der Waals surface area contributed by atoms with Crippen LogP contribution in [-0.2, 0) is 11.2 Å². The molecule has 0 saturated carbocycles. The maximum Gasteiger partial charge on any atom is 0.311 e. The summed E-state index contributed by atoms with van der Waals surface area (Å²) in [5.74, 6) is 1.18. The van der Waals surface area contributed by atoms with Crippen molar-refractivity contribution >= 4 is 5.97 Å². The SMILES string of the molecule is CCCCCCCCCCCCCCCC(=O)Oc1ccc(Cc2ncncn2)cc1. The molecule has 2 aromatic rings. The highest BCUT2D eigenvalue weighted by molar-refractivity contribution is 5.72. The van der Waals surface area contributed by atoms with E-state index in [9.17, 15) is 4.79 Å². The fourth-order valence-corrected chi connectivity index (χ4v) is 3.68. The Morgan fingerprint density at radius 3 is 1.81 bits per heavy atom. The van der Waals surface area contributed by atoms with E-state index in [0.717, 1.165) is 24.2 Å². The second-order valence-corrected chi connectivity index (χ2v) is 8.34. The van der Waals surface area contributed by atoms with Gasteiger partial charge >= 0.3 is 5.97 Å². The first-order chi connectivity index (χ1) is 15.3. The number of carbonyl (C=O) groups excluding carboxylic acids is 1. The van der Waals surface area contributed by atoms with Crippen LogP contribution < -0.4 is 4.74 Å². The van der Waals surface area contributed by atoms with Crippen molar-refractivity contribution in [1.29, 1.82) is 0 Å². The average molecular weight is 426 g/mol. The number of ether oxygens (including phenoxy) is 1. The molecule has 0 aliphatic heterocycles. The summed E-state index contributed by atoms with van der Waals surface area (Å²) < 4.78 is 5.45. The van der Waals surface area contributed by atoms with Gasteiger partial charge in [-0.25, -0.2) is 15.0 Å². The van der Waals surface area contributed by atoms with E-state index in [0.29, 0.717) is 18.6 Å². The Balaban J connectivity index is 1.45. The molecule has 31 heavy (non-hydrogen) atoms. The maximum atomic E-state index is 12.0. The van der Waals surface area contributed by atoms with E-state index >= 15 is 0 Å². The van der Waals surface area contributed by atoms with Gasteiger partial charge < -0.3 is 4.74 Å². The second-order valence-electron chi connectivity index (χ2n) is 8.34. The molecule has 0 aliphatic rings. The fraction of sp³-hybridized carbons (Fsp3) is 0.615. The lowest BCUT2D eigenvalue weighted by molar-refractivity contribution is -0.134. The quantitative estimate of drug-likeness (QED) is 0.157. The molecule has 5 nitrogen and oxygen atoms in total. The van der Waals surface area contributed by atoms with Crippen molar-refractivity contribution < 1.29 is 9.53 Å². The molecule has 2 rings (SSSR count). The molecule has 0 amide bonds. The highest BCUT2D eigenvalue weighted by atomic mass is 16.5. The van der Waals surface area contributed by atoms with Crippen LogP contribution in [0.5, 0.6) is 5.75 Å². The minimum absolute atomic E-state index is 0.145. The summed E-state index contributed by atoms with van der Waals surface area (Å²) in [6.45, 7) is 2.27. The van der Waals surface area contributed by atoms with Crippen molar-refractivity contribution in [3.05, 3.63) is 48.3 Å². The van der Waals surface area contributed by atoms with Crippen LogP contribution in [0.3, 0.4) is 0 Å². The Bertz CT molecular complexity index is 704. The molecule has 0 saturated heterocycles. The van der Waals surface area contributed by atoms with Gasteiger partial charge in [0, 0.05) is 12.8 Å². The normalized spacial score (nSPS) is 10.9. The molecule has 0 unspecified atom stereocenters. The van der Waals surface area contributed by atoms with Crippen LogP contribution >= 0.6 is 0 Å². The molecule has 5 heteroatoms. The lowest BCUT2D eigenvalue weighted by atomic mass is 10.0. The van der Waals surface area contributed by atoms with E-state index in [1.54, 1.807) is 0 Å². The van der Waals surface area contributed by atoms with Crippen LogP contribution in [0.15, 0.2) is 36.9 Å². The minimum Gasteiger partial charge on any atom is -0.427 e. The number of benzene rings is 1. The third-order valence-corrected chi connectivity index (χ3v) is 5.55. The number of hydrogen-bond acceptors (Lipinski definition) is 5. The van der Waals surface area contributed by atoms with Gasteiger partial charge in [-0.15, -0.1) is 0 Å². The highest BCUT2D eigenvalue weighted by Gasteiger charge is 2.06. The second kappa shape index (κ2) is 16.4. The summed E-state index contributed by atoms with van der Waals surface area (Å²) in [5.41, 5.74) is 1.07. The summed E-state index contributed by atoms with van der Waals surface area (Å²) in [5, 5.41) is 0. The molecule has 0 N–H and O–H groups in total. The lowest BCUT2D eigenvalue weighted by Gasteiger charge is -2.06. The van der Waals surface area contributed by atoms with Crippen molar-refractivity contribution in [3.8, 4) is 5.75 Å². The largest absolute Gasteiger partial charge is 0.427 e. The number of rotatable bonds is 17. The summed E-state index contributed by atoms with van der Waals surface area (Å²) in [6, 6.07) is 7.55. The molecule has 1 heterocycles. The predicted octanol–water partition coefficient (Wildman–Crippen LogP) is 6.85. The summed E-state index contributed by atoms with van der Waals surface area (Å²) in [4.78, 5) is 24.1. The van der Waals surface area contributed by atoms with E-state index in [1.165, 1.54) is 83.3 Å². The first-order valence-electron chi connectivity index (χ1n) is 12.2. The van der Waals surface area contributed by atoms with Crippen molar-refractivity contribution in [1.82, 2.24) is 15.0 Å². The van der Waals surface area contributed by atoms with Gasteiger partial charge in [0.2, 0.25) is 0 Å². The first-order valence-corrected chi connectivity index (χ1v) is 12.2. The molecular formula is C26H39N3O2.